The highest BCUT2D eigenvalue weighted by Crippen LogP contribution is 2.39. The average molecular weight is 346 g/mol. The Morgan fingerprint density at radius 1 is 1.36 bits per heavy atom. The Bertz CT molecular complexity index is 711. The molecule has 2 aliphatic rings. The fraction of sp³-hybridized carbons (Fsp3) is 0.474. The van der Waals surface area contributed by atoms with Crippen LogP contribution >= 0.6 is 0 Å². The summed E-state index contributed by atoms with van der Waals surface area (Å²) in [6.45, 7) is 6.49. The van der Waals surface area contributed by atoms with E-state index in [1.54, 1.807) is 17.0 Å². The van der Waals surface area contributed by atoms with Crippen LogP contribution in [0.15, 0.2) is 24.3 Å². The number of fused-ring (bicyclic) bond motifs is 1. The Morgan fingerprint density at radius 2 is 2.08 bits per heavy atom. The van der Waals surface area contributed by atoms with Crippen molar-refractivity contribution in [3.8, 4) is 0 Å². The summed E-state index contributed by atoms with van der Waals surface area (Å²) in [5.74, 6) is -0.726. The van der Waals surface area contributed by atoms with Crippen molar-refractivity contribution in [3.63, 3.8) is 0 Å². The van der Waals surface area contributed by atoms with Gasteiger partial charge in [0.25, 0.3) is 5.91 Å². The molecule has 0 aliphatic carbocycles. The van der Waals surface area contributed by atoms with Gasteiger partial charge in [0, 0.05) is 31.3 Å². The zero-order chi connectivity index (χ0) is 18.0. The molecule has 25 heavy (non-hydrogen) atoms. The van der Waals surface area contributed by atoms with Crippen LogP contribution in [0.5, 0.6) is 0 Å². The number of hydrogen-bond donors (Lipinski definition) is 0. The van der Waals surface area contributed by atoms with Crippen molar-refractivity contribution in [3.05, 3.63) is 35.7 Å². The molecule has 0 N–H and O–H groups in total. The summed E-state index contributed by atoms with van der Waals surface area (Å²) >= 11 is 0. The summed E-state index contributed by atoms with van der Waals surface area (Å²) in [6.07, 6.45) is 2.24. The van der Waals surface area contributed by atoms with E-state index in [9.17, 15) is 14.0 Å². The van der Waals surface area contributed by atoms with Gasteiger partial charge in [-0.05, 0) is 12.0 Å². The Labute approximate surface area is 147 Å². The van der Waals surface area contributed by atoms with Crippen LogP contribution in [0.3, 0.4) is 0 Å². The van der Waals surface area contributed by atoms with Gasteiger partial charge < -0.3 is 14.5 Å². The highest BCUT2D eigenvalue weighted by atomic mass is 19.1. The molecular weight excluding hydrogens is 323 g/mol. The van der Waals surface area contributed by atoms with Gasteiger partial charge in [-0.3, -0.25) is 9.59 Å². The molecule has 1 fully saturated rings. The summed E-state index contributed by atoms with van der Waals surface area (Å²) in [5.41, 5.74) is 1.05. The van der Waals surface area contributed by atoms with Crippen molar-refractivity contribution in [2.24, 2.45) is 5.92 Å². The average Bonchev–Trinajstić information content (AvgIpc) is 2.89. The summed E-state index contributed by atoms with van der Waals surface area (Å²) < 4.78 is 19.6. The van der Waals surface area contributed by atoms with Crippen molar-refractivity contribution in [2.45, 2.75) is 20.3 Å². The molecule has 2 heterocycles. The van der Waals surface area contributed by atoms with Crippen LogP contribution in [0.2, 0.25) is 0 Å². The summed E-state index contributed by atoms with van der Waals surface area (Å²) in [5, 5.41) is 0. The van der Waals surface area contributed by atoms with E-state index in [-0.39, 0.29) is 29.0 Å². The maximum Gasteiger partial charge on any atom is 0.259 e. The normalized spacial score (nSPS) is 20.1. The number of para-hydroxylation sites is 1. The van der Waals surface area contributed by atoms with Crippen LogP contribution < -0.4 is 4.90 Å². The Balaban J connectivity index is 1.95. The number of hydrogen-bond acceptors (Lipinski definition) is 3. The second-order valence-electron chi connectivity index (χ2n) is 6.56. The first-order chi connectivity index (χ1) is 12.0. The van der Waals surface area contributed by atoms with E-state index < -0.39 is 5.82 Å². The monoisotopic (exact) mass is 346 g/mol. The van der Waals surface area contributed by atoms with E-state index in [1.807, 2.05) is 13.8 Å². The topological polar surface area (TPSA) is 49.9 Å². The predicted molar refractivity (Wildman–Crippen MR) is 93.6 cm³/mol. The largest absolute Gasteiger partial charge is 0.378 e. The minimum Gasteiger partial charge on any atom is -0.378 e. The number of carbonyl (C=O) groups is 2. The molecule has 0 spiro atoms. The van der Waals surface area contributed by atoms with Gasteiger partial charge in [-0.2, -0.15) is 0 Å². The number of halogens is 1. The molecule has 1 aromatic rings. The lowest BCUT2D eigenvalue weighted by Gasteiger charge is -2.25. The summed E-state index contributed by atoms with van der Waals surface area (Å²) in [6, 6.07) is 4.62. The van der Waals surface area contributed by atoms with Crippen LogP contribution in [0.25, 0.3) is 5.57 Å². The minimum atomic E-state index is -0.434. The molecule has 2 aliphatic heterocycles. The van der Waals surface area contributed by atoms with Gasteiger partial charge in [0.15, 0.2) is 0 Å². The molecule has 134 valence electrons. The minimum absolute atomic E-state index is 0.229. The number of morpholine rings is 1. The van der Waals surface area contributed by atoms with E-state index >= 15 is 0 Å². The third kappa shape index (κ3) is 3.44. The van der Waals surface area contributed by atoms with Gasteiger partial charge in [0.2, 0.25) is 5.91 Å². The van der Waals surface area contributed by atoms with Gasteiger partial charge in [-0.25, -0.2) is 4.39 Å². The van der Waals surface area contributed by atoms with E-state index in [1.165, 1.54) is 17.0 Å². The maximum atomic E-state index is 14.4. The number of amides is 2. The van der Waals surface area contributed by atoms with Crippen LogP contribution in [0.1, 0.15) is 25.8 Å². The van der Waals surface area contributed by atoms with Gasteiger partial charge in [-0.1, -0.05) is 32.4 Å². The third-order valence-corrected chi connectivity index (χ3v) is 4.80. The van der Waals surface area contributed by atoms with Crippen LogP contribution in [0, 0.1) is 11.7 Å². The van der Waals surface area contributed by atoms with Crippen molar-refractivity contribution >= 4 is 23.1 Å². The molecule has 0 saturated carbocycles. The van der Waals surface area contributed by atoms with Gasteiger partial charge in [0.05, 0.1) is 24.5 Å². The van der Waals surface area contributed by atoms with Gasteiger partial charge >= 0.3 is 0 Å². The van der Waals surface area contributed by atoms with Gasteiger partial charge in [-0.15, -0.1) is 0 Å². The fourth-order valence-corrected chi connectivity index (χ4v) is 3.12. The van der Waals surface area contributed by atoms with E-state index in [4.69, 9.17) is 4.74 Å². The van der Waals surface area contributed by atoms with E-state index in [0.717, 1.165) is 6.42 Å². The number of rotatable bonds is 4. The maximum absolute atomic E-state index is 14.4. The summed E-state index contributed by atoms with van der Waals surface area (Å²) in [7, 11) is 0. The second-order valence-corrected chi connectivity index (χ2v) is 6.56. The third-order valence-electron chi connectivity index (χ3n) is 4.80. The van der Waals surface area contributed by atoms with E-state index in [0.29, 0.717) is 38.4 Å². The standard InChI is InChI=1S/C19H23FN2O3/c1-3-13(2)12-22-18-14(5-4-6-16(18)20)15(19(22)24)11-17(23)21-7-9-25-10-8-21/h4-6,11,13H,3,7-10,12H2,1-2H3/t13-/m0/s1. The highest BCUT2D eigenvalue weighted by molar-refractivity contribution is 6.34. The highest BCUT2D eigenvalue weighted by Gasteiger charge is 2.36. The quantitative estimate of drug-likeness (QED) is 0.787. The molecule has 0 radical (unpaired) electrons. The molecule has 1 atom stereocenters. The zero-order valence-electron chi connectivity index (χ0n) is 14.6. The molecule has 0 aromatic heterocycles. The van der Waals surface area contributed by atoms with Crippen molar-refractivity contribution in [1.29, 1.82) is 0 Å². The number of nitrogens with zero attached hydrogens (tertiary/aromatic N) is 2. The number of carbonyl (C=O) groups excluding carboxylic acids is 2. The van der Waals surface area contributed by atoms with Crippen molar-refractivity contribution in [1.82, 2.24) is 4.90 Å². The van der Waals surface area contributed by atoms with E-state index in [2.05, 4.69) is 0 Å². The Hall–Kier alpha value is -2.21. The zero-order valence-corrected chi connectivity index (χ0v) is 14.6. The van der Waals surface area contributed by atoms with Crippen molar-refractivity contribution in [2.75, 3.05) is 37.7 Å². The first-order valence-corrected chi connectivity index (χ1v) is 8.72. The first-order valence-electron chi connectivity index (χ1n) is 8.72. The number of benzene rings is 1. The lowest BCUT2D eigenvalue weighted by atomic mass is 10.1. The van der Waals surface area contributed by atoms with Crippen LogP contribution in [-0.4, -0.2) is 49.6 Å². The number of ether oxygens (including phenoxy) is 1. The molecular formula is C19H23FN2O3. The molecule has 1 aromatic carbocycles. The smallest absolute Gasteiger partial charge is 0.259 e. The molecule has 6 heteroatoms. The Kier molecular flexibility index (Phi) is 5.18. The molecule has 0 bridgehead atoms. The lowest BCUT2D eigenvalue weighted by Crippen LogP contribution is -2.40. The van der Waals surface area contributed by atoms with Crippen LogP contribution in [-0.2, 0) is 14.3 Å². The van der Waals surface area contributed by atoms with Crippen LogP contribution in [0.4, 0.5) is 10.1 Å². The molecule has 2 amide bonds. The SMILES string of the molecule is CC[C@H](C)CN1C(=O)C(=CC(=O)N2CCOCC2)c2cccc(F)c21. The first kappa shape index (κ1) is 17.6. The lowest BCUT2D eigenvalue weighted by molar-refractivity contribution is -0.130. The Morgan fingerprint density at radius 3 is 2.76 bits per heavy atom. The fourth-order valence-electron chi connectivity index (χ4n) is 3.12. The summed E-state index contributed by atoms with van der Waals surface area (Å²) in [4.78, 5) is 28.5. The second kappa shape index (κ2) is 7.35. The molecule has 0 unspecified atom stereocenters. The molecule has 3 rings (SSSR count). The molecule has 5 nitrogen and oxygen atoms in total. The van der Waals surface area contributed by atoms with Gasteiger partial charge in [0.1, 0.15) is 5.82 Å². The number of anilines is 1. The molecule has 1 saturated heterocycles. The van der Waals surface area contributed by atoms with Crippen molar-refractivity contribution < 1.29 is 18.7 Å². The predicted octanol–water partition coefficient (Wildman–Crippen LogP) is 2.46.